The van der Waals surface area contributed by atoms with E-state index < -0.39 is 0 Å². The number of hydrogen-bond acceptors (Lipinski definition) is 0. The second-order valence-electron chi connectivity index (χ2n) is 7.45. The highest BCUT2D eigenvalue weighted by molar-refractivity contribution is 5.53. The summed E-state index contributed by atoms with van der Waals surface area (Å²) >= 11 is 0. The zero-order valence-corrected chi connectivity index (χ0v) is 11.4. The molecule has 0 saturated heterocycles. The molecular weight excluding hydrogens is 204 g/mol. The Bertz CT molecular complexity index is 513. The van der Waals surface area contributed by atoms with Gasteiger partial charge in [0.1, 0.15) is 0 Å². The van der Waals surface area contributed by atoms with E-state index in [-0.39, 0.29) is 0 Å². The van der Waals surface area contributed by atoms with Crippen molar-refractivity contribution < 1.29 is 0 Å². The second kappa shape index (κ2) is 2.48. The number of hydrogen-bond donors (Lipinski definition) is 0. The number of rotatable bonds is 1. The lowest BCUT2D eigenvalue weighted by atomic mass is 9.70. The van der Waals surface area contributed by atoms with E-state index in [9.17, 15) is 0 Å². The molecule has 90 valence electrons. The monoisotopic (exact) mass is 226 g/mol. The first-order chi connectivity index (χ1) is 7.96. The lowest BCUT2D eigenvalue weighted by Crippen LogP contribution is -2.30. The van der Waals surface area contributed by atoms with Gasteiger partial charge < -0.3 is 0 Å². The highest BCUT2D eigenvalue weighted by Gasteiger charge is 2.89. The van der Waals surface area contributed by atoms with Crippen molar-refractivity contribution in [1.29, 1.82) is 0 Å². The Hall–Kier alpha value is -0.780. The van der Waals surface area contributed by atoms with Gasteiger partial charge in [-0.1, -0.05) is 45.0 Å². The lowest BCUT2D eigenvalue weighted by Gasteiger charge is -2.34. The minimum atomic E-state index is 0.510. The van der Waals surface area contributed by atoms with Crippen LogP contribution >= 0.6 is 0 Å². The molecule has 1 aromatic rings. The summed E-state index contributed by atoms with van der Waals surface area (Å²) in [6.07, 6.45) is 2.96. The van der Waals surface area contributed by atoms with Gasteiger partial charge in [0.05, 0.1) is 0 Å². The third-order valence-corrected chi connectivity index (χ3v) is 6.91. The van der Waals surface area contributed by atoms with Crippen LogP contribution in [-0.2, 0) is 5.41 Å². The fourth-order valence-electron chi connectivity index (χ4n) is 6.31. The van der Waals surface area contributed by atoms with Gasteiger partial charge >= 0.3 is 0 Å². The molecule has 0 spiro atoms. The van der Waals surface area contributed by atoms with E-state index in [0.29, 0.717) is 16.2 Å². The molecule has 0 amide bonds. The summed E-state index contributed by atoms with van der Waals surface area (Å²) in [5.74, 6) is 1.94. The number of benzene rings is 1. The average Bonchev–Trinajstić information content (AvgIpc) is 2.53. The van der Waals surface area contributed by atoms with E-state index in [1.165, 1.54) is 18.4 Å². The van der Waals surface area contributed by atoms with Gasteiger partial charge in [0.15, 0.2) is 0 Å². The van der Waals surface area contributed by atoms with Crippen molar-refractivity contribution >= 4 is 0 Å². The summed E-state index contributed by atoms with van der Waals surface area (Å²) in [6, 6.07) is 9.13. The van der Waals surface area contributed by atoms with Gasteiger partial charge in [0.25, 0.3) is 0 Å². The summed E-state index contributed by atoms with van der Waals surface area (Å²) in [4.78, 5) is 0. The first-order valence-electron chi connectivity index (χ1n) is 7.02. The fraction of sp³-hybridized carbons (Fsp3) is 0.647. The molecule has 0 N–H and O–H groups in total. The molecule has 4 bridgehead atoms. The van der Waals surface area contributed by atoms with Crippen LogP contribution in [0.2, 0.25) is 0 Å². The molecule has 0 radical (unpaired) electrons. The summed E-state index contributed by atoms with van der Waals surface area (Å²) < 4.78 is 0. The van der Waals surface area contributed by atoms with Gasteiger partial charge in [-0.2, -0.15) is 0 Å². The van der Waals surface area contributed by atoms with Gasteiger partial charge in [-0.3, -0.25) is 0 Å². The van der Waals surface area contributed by atoms with Gasteiger partial charge in [0.2, 0.25) is 0 Å². The molecule has 4 fully saturated rings. The molecule has 0 nitrogen and oxygen atoms in total. The van der Waals surface area contributed by atoms with E-state index in [4.69, 9.17) is 0 Å². The highest BCUT2D eigenvalue weighted by Crippen LogP contribution is 2.92. The van der Waals surface area contributed by atoms with Crippen LogP contribution in [0.25, 0.3) is 0 Å². The van der Waals surface area contributed by atoms with E-state index >= 15 is 0 Å². The van der Waals surface area contributed by atoms with E-state index in [1.54, 1.807) is 5.56 Å². The Morgan fingerprint density at radius 1 is 1.12 bits per heavy atom. The van der Waals surface area contributed by atoms with Gasteiger partial charge in [-0.15, -0.1) is 0 Å². The fourth-order valence-corrected chi connectivity index (χ4v) is 6.31. The first kappa shape index (κ1) is 10.2. The van der Waals surface area contributed by atoms with Crippen molar-refractivity contribution in [2.75, 3.05) is 0 Å². The molecule has 4 saturated carbocycles. The van der Waals surface area contributed by atoms with Gasteiger partial charge in [-0.25, -0.2) is 0 Å². The van der Waals surface area contributed by atoms with Crippen LogP contribution in [0.1, 0.15) is 44.7 Å². The molecule has 0 heteroatoms. The Morgan fingerprint density at radius 3 is 2.29 bits per heavy atom. The van der Waals surface area contributed by atoms with Crippen molar-refractivity contribution in [3.63, 3.8) is 0 Å². The third-order valence-electron chi connectivity index (χ3n) is 6.91. The molecular formula is C17H22. The molecule has 0 aromatic heterocycles. The molecule has 1 aromatic carbocycles. The largest absolute Gasteiger partial charge is 0.0620 e. The third kappa shape index (κ3) is 0.758. The van der Waals surface area contributed by atoms with Crippen LogP contribution in [0, 0.1) is 29.6 Å². The van der Waals surface area contributed by atoms with Crippen LogP contribution in [0.15, 0.2) is 24.3 Å². The van der Waals surface area contributed by atoms with Gasteiger partial charge in [0, 0.05) is 5.41 Å². The Morgan fingerprint density at radius 2 is 1.82 bits per heavy atom. The maximum absolute atomic E-state index is 2.55. The maximum atomic E-state index is 2.55. The first-order valence-corrected chi connectivity index (χ1v) is 7.02. The molecule has 0 unspecified atom stereocenters. The Labute approximate surface area is 104 Å². The summed E-state index contributed by atoms with van der Waals surface area (Å²) in [5, 5.41) is 0. The van der Waals surface area contributed by atoms with E-state index in [1.807, 2.05) is 0 Å². The minimum absolute atomic E-state index is 0.510. The lowest BCUT2D eigenvalue weighted by molar-refractivity contribution is 0.237. The van der Waals surface area contributed by atoms with Crippen molar-refractivity contribution in [3.8, 4) is 0 Å². The van der Waals surface area contributed by atoms with Crippen molar-refractivity contribution in [3.05, 3.63) is 35.4 Å². The van der Waals surface area contributed by atoms with Crippen molar-refractivity contribution in [2.45, 2.75) is 46.0 Å². The quantitative estimate of drug-likeness (QED) is 0.669. The topological polar surface area (TPSA) is 0 Å². The molecule has 4 atom stereocenters. The molecule has 0 heterocycles. The molecule has 4 aliphatic rings. The molecule has 0 aliphatic heterocycles. The van der Waals surface area contributed by atoms with Gasteiger partial charge in [-0.05, 0) is 53.6 Å². The Balaban J connectivity index is 1.99. The normalized spacial score (nSPS) is 48.5. The molecule has 5 rings (SSSR count). The van der Waals surface area contributed by atoms with Crippen LogP contribution in [0.4, 0.5) is 0 Å². The van der Waals surface area contributed by atoms with Crippen LogP contribution in [0.3, 0.4) is 0 Å². The predicted octanol–water partition coefficient (Wildman–Crippen LogP) is 4.32. The van der Waals surface area contributed by atoms with E-state index in [2.05, 4.69) is 52.0 Å². The van der Waals surface area contributed by atoms with Crippen LogP contribution < -0.4 is 0 Å². The van der Waals surface area contributed by atoms with Crippen LogP contribution in [-0.4, -0.2) is 0 Å². The Kier molecular flexibility index (Phi) is 1.48. The average molecular weight is 226 g/mol. The summed E-state index contributed by atoms with van der Waals surface area (Å²) in [7, 11) is 0. The zero-order chi connectivity index (χ0) is 12.1. The highest BCUT2D eigenvalue weighted by atomic mass is 14.9. The zero-order valence-electron chi connectivity index (χ0n) is 11.4. The molecule has 17 heavy (non-hydrogen) atoms. The number of aryl methyl sites for hydroxylation is 1. The van der Waals surface area contributed by atoms with Crippen molar-refractivity contribution in [2.24, 2.45) is 22.7 Å². The predicted molar refractivity (Wildman–Crippen MR) is 71.0 cm³/mol. The standard InChI is InChI=1S/C17H22/c1-11-7-5-6-8-13(11)17-14-9-12(15(17,2)3)10-16(14,17)4/h5-8,12,14H,9-10H2,1-4H3/t12-,14+,16-,17-/m1/s1. The minimum Gasteiger partial charge on any atom is -0.0620 e. The second-order valence-corrected chi connectivity index (χ2v) is 7.45. The molecule has 4 aliphatic carbocycles. The summed E-state index contributed by atoms with van der Waals surface area (Å²) in [5.41, 5.74) is 4.82. The van der Waals surface area contributed by atoms with Crippen LogP contribution in [0.5, 0.6) is 0 Å². The van der Waals surface area contributed by atoms with E-state index in [0.717, 1.165) is 11.8 Å². The SMILES string of the molecule is Cc1ccccc1[C@]12[C@H]3C[C@H](C[C@]31C)C2(C)C. The maximum Gasteiger partial charge on any atom is 0.00999 e. The summed E-state index contributed by atoms with van der Waals surface area (Å²) in [6.45, 7) is 9.91. The van der Waals surface area contributed by atoms with Crippen molar-refractivity contribution in [1.82, 2.24) is 0 Å². The smallest absolute Gasteiger partial charge is 0.00999 e.